The van der Waals surface area contributed by atoms with E-state index in [0.29, 0.717) is 19.3 Å². The highest BCUT2D eigenvalue weighted by molar-refractivity contribution is 5.72. The molecule has 0 spiro atoms. The number of likely N-dealkylation sites (N-methyl/N-ethyl adjacent to an activating group) is 1. The minimum Gasteiger partial charge on any atom is -0.477 e. The molecule has 0 aromatic heterocycles. The van der Waals surface area contributed by atoms with Gasteiger partial charge in [-0.05, 0) is 103 Å². The van der Waals surface area contributed by atoms with Crippen molar-refractivity contribution in [2.75, 3.05) is 41.0 Å². The zero-order valence-electron chi connectivity index (χ0n) is 40.4. The lowest BCUT2D eigenvalue weighted by Gasteiger charge is -2.31. The highest BCUT2D eigenvalue weighted by Gasteiger charge is 2.31. The summed E-state index contributed by atoms with van der Waals surface area (Å²) in [6.45, 7) is 4.35. The molecule has 0 heterocycles. The molecular formula is C56H86NO7+. The number of carbonyl (C=O) groups excluding carboxylic acids is 2. The van der Waals surface area contributed by atoms with Gasteiger partial charge in [-0.1, -0.05) is 160 Å². The van der Waals surface area contributed by atoms with Crippen molar-refractivity contribution in [1.29, 1.82) is 0 Å². The maximum atomic E-state index is 12.8. The number of unbranched alkanes of at least 4 members (excludes halogenated alkanes) is 2. The molecule has 0 saturated carbocycles. The first-order valence-electron chi connectivity index (χ1n) is 23.9. The maximum Gasteiger partial charge on any atom is 0.362 e. The van der Waals surface area contributed by atoms with E-state index in [4.69, 9.17) is 14.2 Å². The Balaban J connectivity index is 4.53. The number of rotatable bonds is 40. The van der Waals surface area contributed by atoms with Crippen molar-refractivity contribution >= 4 is 17.9 Å². The van der Waals surface area contributed by atoms with Crippen LogP contribution in [0.4, 0.5) is 0 Å². The minimum atomic E-state index is -0.899. The van der Waals surface area contributed by atoms with E-state index in [-0.39, 0.29) is 49.1 Å². The van der Waals surface area contributed by atoms with E-state index in [1.807, 2.05) is 21.1 Å². The van der Waals surface area contributed by atoms with Gasteiger partial charge in [0.1, 0.15) is 6.61 Å². The van der Waals surface area contributed by atoms with Crippen LogP contribution in [0.1, 0.15) is 136 Å². The van der Waals surface area contributed by atoms with Crippen LogP contribution in [0.5, 0.6) is 0 Å². The molecule has 1 N–H and O–H groups in total. The standard InChI is InChI=1S/C56H85NO7/c1-6-8-10-12-14-16-18-20-22-24-25-26-27-28-29-31-33-35-37-39-41-43-45-47-55(59)64-52(50-62-49-48-53(56(60)61)57(3,4)5)51-63-54(58)46-44-42-40-38-36-34-32-30-23-21-19-17-15-13-11-9-7-2/h8-11,14-17,20-23,25-26,28-29,32-35,38-41,52-53H,6-7,12-13,18-19,24,27,30-31,36-37,42-51H2,1-5H3/p+1/b10-8+,11-9+,16-14+,17-15+,22-20+,23-21+,26-25+,29-28+,34-32+,35-33+,40-38+,41-39+. The molecule has 0 bridgehead atoms. The largest absolute Gasteiger partial charge is 0.477 e. The normalized spacial score (nSPS) is 14.2. The molecule has 0 aromatic carbocycles. The highest BCUT2D eigenvalue weighted by Crippen LogP contribution is 2.10. The third kappa shape index (κ3) is 42.5. The molecule has 0 aliphatic heterocycles. The Morgan fingerprint density at radius 1 is 0.469 bits per heavy atom. The molecule has 0 aromatic rings. The van der Waals surface area contributed by atoms with Gasteiger partial charge in [-0.3, -0.25) is 9.59 Å². The fraction of sp³-hybridized carbons (Fsp3) is 0.518. The van der Waals surface area contributed by atoms with Crippen molar-refractivity contribution in [3.63, 3.8) is 0 Å². The molecule has 2 atom stereocenters. The number of carboxylic acids is 1. The van der Waals surface area contributed by atoms with Gasteiger partial charge >= 0.3 is 17.9 Å². The van der Waals surface area contributed by atoms with Crippen molar-refractivity contribution in [2.24, 2.45) is 0 Å². The molecule has 0 fully saturated rings. The summed E-state index contributed by atoms with van der Waals surface area (Å²) in [4.78, 5) is 37.1. The smallest absolute Gasteiger partial charge is 0.362 e. The van der Waals surface area contributed by atoms with E-state index in [9.17, 15) is 19.5 Å². The number of hydrogen-bond acceptors (Lipinski definition) is 6. The first kappa shape index (κ1) is 59.2. The zero-order chi connectivity index (χ0) is 47.0. The number of esters is 2. The summed E-state index contributed by atoms with van der Waals surface area (Å²) < 4.78 is 17.2. The Morgan fingerprint density at radius 2 is 0.797 bits per heavy atom. The second kappa shape index (κ2) is 44.8. The lowest BCUT2D eigenvalue weighted by Crippen LogP contribution is -2.50. The van der Waals surface area contributed by atoms with Crippen molar-refractivity contribution < 1.29 is 38.2 Å². The van der Waals surface area contributed by atoms with Crippen LogP contribution in [0.2, 0.25) is 0 Å². The average molecular weight is 885 g/mol. The van der Waals surface area contributed by atoms with Gasteiger partial charge in [0.2, 0.25) is 0 Å². The SMILES string of the molecule is CC/C=C/C/C=C/C/C=C/C/C=C/C/C=C/C/C=C/C/C=C/CCCC(=O)OC(COCCC(C(=O)O)[N+](C)(C)C)COC(=O)CCC/C=C/C/C=C/C/C=C/C/C=C/C/C=C/CC. The molecule has 8 heteroatoms. The summed E-state index contributed by atoms with van der Waals surface area (Å²) in [5, 5.41) is 9.64. The number of carboxylic acid groups (broad SMARTS) is 1. The van der Waals surface area contributed by atoms with Crippen LogP contribution in [-0.4, -0.2) is 80.6 Å². The number of quaternary nitrogens is 1. The first-order valence-corrected chi connectivity index (χ1v) is 23.9. The van der Waals surface area contributed by atoms with Crippen molar-refractivity contribution in [3.05, 3.63) is 146 Å². The Morgan fingerprint density at radius 3 is 1.12 bits per heavy atom. The van der Waals surface area contributed by atoms with E-state index >= 15 is 0 Å². The first-order chi connectivity index (χ1) is 31.1. The predicted molar refractivity (Wildman–Crippen MR) is 270 cm³/mol. The van der Waals surface area contributed by atoms with Crippen LogP contribution in [0.3, 0.4) is 0 Å². The fourth-order valence-corrected chi connectivity index (χ4v) is 5.88. The van der Waals surface area contributed by atoms with E-state index in [1.54, 1.807) is 0 Å². The second-order valence-electron chi connectivity index (χ2n) is 16.2. The summed E-state index contributed by atoms with van der Waals surface area (Å²) in [5.41, 5.74) is 0. The number of ether oxygens (including phenoxy) is 3. The summed E-state index contributed by atoms with van der Waals surface area (Å²) >= 11 is 0. The third-order valence-electron chi connectivity index (χ3n) is 9.48. The van der Waals surface area contributed by atoms with Crippen molar-refractivity contribution in [3.8, 4) is 0 Å². The van der Waals surface area contributed by atoms with E-state index in [1.165, 1.54) is 0 Å². The molecule has 64 heavy (non-hydrogen) atoms. The van der Waals surface area contributed by atoms with Gasteiger partial charge in [-0.15, -0.1) is 0 Å². The van der Waals surface area contributed by atoms with Crippen LogP contribution >= 0.6 is 0 Å². The summed E-state index contributed by atoms with van der Waals surface area (Å²) in [7, 11) is 5.47. The van der Waals surface area contributed by atoms with Gasteiger partial charge in [-0.25, -0.2) is 4.79 Å². The molecular weight excluding hydrogens is 799 g/mol. The summed E-state index contributed by atoms with van der Waals surface area (Å²) in [5.74, 6) is -1.64. The molecule has 0 radical (unpaired) electrons. The lowest BCUT2D eigenvalue weighted by molar-refractivity contribution is -0.887. The van der Waals surface area contributed by atoms with Gasteiger partial charge in [0.15, 0.2) is 12.1 Å². The molecule has 356 valence electrons. The van der Waals surface area contributed by atoms with Crippen molar-refractivity contribution in [2.45, 2.75) is 148 Å². The monoisotopic (exact) mass is 885 g/mol. The predicted octanol–water partition coefficient (Wildman–Crippen LogP) is 13.7. The summed E-state index contributed by atoms with van der Waals surface area (Å²) in [6, 6.07) is -0.644. The number of nitrogens with zero attached hydrogens (tertiary/aromatic N) is 1. The average Bonchev–Trinajstić information content (AvgIpc) is 3.26. The second-order valence-corrected chi connectivity index (χ2v) is 16.2. The Hall–Kier alpha value is -4.79. The minimum absolute atomic E-state index is 0.00833. The Kier molecular flexibility index (Phi) is 41.5. The number of allylic oxidation sites excluding steroid dienone is 24. The van der Waals surface area contributed by atoms with E-state index in [0.717, 1.165) is 89.9 Å². The molecule has 0 rings (SSSR count). The van der Waals surface area contributed by atoms with Gasteiger partial charge in [0.25, 0.3) is 0 Å². The van der Waals surface area contributed by atoms with Crippen LogP contribution in [0, 0.1) is 0 Å². The van der Waals surface area contributed by atoms with Crippen LogP contribution in [-0.2, 0) is 28.6 Å². The Labute approximate surface area is 389 Å². The van der Waals surface area contributed by atoms with E-state index in [2.05, 4.69) is 160 Å². The number of carbonyl (C=O) groups is 3. The summed E-state index contributed by atoms with van der Waals surface area (Å²) in [6.07, 6.45) is 66.3. The third-order valence-corrected chi connectivity index (χ3v) is 9.48. The number of aliphatic carboxylic acids is 1. The topological polar surface area (TPSA) is 99.1 Å². The van der Waals surface area contributed by atoms with Gasteiger partial charge < -0.3 is 23.8 Å². The lowest BCUT2D eigenvalue weighted by atomic mass is 10.1. The van der Waals surface area contributed by atoms with Gasteiger partial charge in [0, 0.05) is 19.3 Å². The maximum absolute atomic E-state index is 12.8. The molecule has 0 amide bonds. The van der Waals surface area contributed by atoms with E-state index < -0.39 is 18.1 Å². The van der Waals surface area contributed by atoms with Crippen LogP contribution in [0.25, 0.3) is 0 Å². The zero-order valence-corrected chi connectivity index (χ0v) is 40.4. The fourth-order valence-electron chi connectivity index (χ4n) is 5.88. The highest BCUT2D eigenvalue weighted by atomic mass is 16.6. The molecule has 0 aliphatic rings. The van der Waals surface area contributed by atoms with Crippen LogP contribution in [0.15, 0.2) is 146 Å². The van der Waals surface area contributed by atoms with Crippen molar-refractivity contribution in [1.82, 2.24) is 0 Å². The quantitative estimate of drug-likeness (QED) is 0.0283. The van der Waals surface area contributed by atoms with Gasteiger partial charge in [0.05, 0.1) is 34.4 Å². The molecule has 0 saturated heterocycles. The molecule has 0 aliphatic carbocycles. The Bertz CT molecular complexity index is 1540. The van der Waals surface area contributed by atoms with Gasteiger partial charge in [-0.2, -0.15) is 0 Å². The van der Waals surface area contributed by atoms with Crippen LogP contribution < -0.4 is 0 Å². The molecule has 2 unspecified atom stereocenters. The number of hydrogen-bond donors (Lipinski definition) is 1. The molecule has 8 nitrogen and oxygen atoms in total.